The first-order chi connectivity index (χ1) is 11.0. The fourth-order valence-corrected chi connectivity index (χ4v) is 2.81. The number of aliphatic hydroxyl groups excluding tert-OH is 1. The minimum absolute atomic E-state index is 0.184. The molecule has 0 saturated carbocycles. The van der Waals surface area contributed by atoms with Gasteiger partial charge in [0.05, 0.1) is 32.8 Å². The van der Waals surface area contributed by atoms with Crippen LogP contribution < -0.4 is 0 Å². The molecular formula is C19H39N2O2+. The number of hydrogen-bond acceptors (Lipinski definition) is 2. The van der Waals surface area contributed by atoms with Crippen LogP contribution in [0.5, 0.6) is 0 Å². The van der Waals surface area contributed by atoms with Gasteiger partial charge in [0.2, 0.25) is 5.91 Å². The molecule has 0 spiro atoms. The second-order valence-electron chi connectivity index (χ2n) is 6.49. The number of allylic oxidation sites excluding steroid dienone is 1. The quantitative estimate of drug-likeness (QED) is 0.302. The Bertz CT molecular complexity index is 325. The first-order valence-corrected chi connectivity index (χ1v) is 9.40. The van der Waals surface area contributed by atoms with E-state index < -0.39 is 0 Å². The summed E-state index contributed by atoms with van der Waals surface area (Å²) in [5.41, 5.74) is 0. The van der Waals surface area contributed by atoms with Crippen LogP contribution in [0.4, 0.5) is 0 Å². The van der Waals surface area contributed by atoms with Crippen molar-refractivity contribution >= 4 is 5.91 Å². The lowest BCUT2D eigenvalue weighted by molar-refractivity contribution is -0.924. The van der Waals surface area contributed by atoms with Gasteiger partial charge in [0.15, 0.2) is 0 Å². The minimum Gasteiger partial charge on any atom is -0.391 e. The molecule has 0 aromatic carbocycles. The van der Waals surface area contributed by atoms with Gasteiger partial charge >= 0.3 is 0 Å². The number of nitrogens with zero attached hydrogens (tertiary/aromatic N) is 2. The fourth-order valence-electron chi connectivity index (χ4n) is 2.81. The summed E-state index contributed by atoms with van der Waals surface area (Å²) < 4.78 is 0.876. The van der Waals surface area contributed by atoms with Gasteiger partial charge in [-0.05, 0) is 26.7 Å². The molecule has 1 amide bonds. The van der Waals surface area contributed by atoms with Crippen molar-refractivity contribution < 1.29 is 14.4 Å². The molecule has 0 aliphatic carbocycles. The van der Waals surface area contributed by atoms with Crippen LogP contribution in [0.1, 0.15) is 59.3 Å². The van der Waals surface area contributed by atoms with Crippen LogP contribution in [0.25, 0.3) is 0 Å². The number of likely N-dealkylation sites (N-methyl/N-ethyl adjacent to an activating group) is 2. The highest BCUT2D eigenvalue weighted by Gasteiger charge is 2.23. The molecule has 0 bridgehead atoms. The Labute approximate surface area is 143 Å². The molecule has 4 nitrogen and oxygen atoms in total. The molecule has 0 rings (SSSR count). The van der Waals surface area contributed by atoms with E-state index in [0.29, 0.717) is 6.42 Å². The van der Waals surface area contributed by atoms with Crippen molar-refractivity contribution in [1.82, 2.24) is 4.90 Å². The summed E-state index contributed by atoms with van der Waals surface area (Å²) >= 11 is 0. The van der Waals surface area contributed by atoms with Crippen LogP contribution in [0.15, 0.2) is 12.2 Å². The highest BCUT2D eigenvalue weighted by molar-refractivity contribution is 5.77. The standard InChI is InChI=1S/C19H39N2O2/c1-5-8-9-10-11-12-13-14-19(23)20(4)15-16-21(6-2,7-3)17-18-22/h12-13,22H,5-11,14-18H2,1-4H3/q+1/b13-12+. The lowest BCUT2D eigenvalue weighted by Crippen LogP contribution is -2.53. The molecule has 0 aromatic heterocycles. The van der Waals surface area contributed by atoms with E-state index in [4.69, 9.17) is 0 Å². The van der Waals surface area contributed by atoms with Crippen molar-refractivity contribution in [2.45, 2.75) is 59.3 Å². The number of unbranched alkanes of at least 4 members (excludes halogenated alkanes) is 4. The summed E-state index contributed by atoms with van der Waals surface area (Å²) in [7, 11) is 1.89. The second-order valence-corrected chi connectivity index (χ2v) is 6.49. The zero-order valence-electron chi connectivity index (χ0n) is 15.9. The lowest BCUT2D eigenvalue weighted by atomic mass is 10.1. The van der Waals surface area contributed by atoms with Crippen LogP contribution in [0.3, 0.4) is 0 Å². The highest BCUT2D eigenvalue weighted by atomic mass is 16.3. The van der Waals surface area contributed by atoms with Crippen LogP contribution >= 0.6 is 0 Å². The van der Waals surface area contributed by atoms with Gasteiger partial charge in [-0.25, -0.2) is 0 Å². The molecule has 0 atom stereocenters. The normalized spacial score (nSPS) is 12.0. The Morgan fingerprint density at radius 3 is 2.30 bits per heavy atom. The summed E-state index contributed by atoms with van der Waals surface area (Å²) in [5, 5.41) is 9.25. The number of carbonyl (C=O) groups is 1. The Morgan fingerprint density at radius 2 is 1.74 bits per heavy atom. The van der Waals surface area contributed by atoms with Crippen molar-refractivity contribution in [3.8, 4) is 0 Å². The van der Waals surface area contributed by atoms with Gasteiger partial charge in [0, 0.05) is 13.5 Å². The summed E-state index contributed by atoms with van der Waals surface area (Å²) in [5.74, 6) is 0.184. The summed E-state index contributed by atoms with van der Waals surface area (Å²) in [6.07, 6.45) is 10.8. The zero-order chi connectivity index (χ0) is 17.6. The van der Waals surface area contributed by atoms with Crippen molar-refractivity contribution in [2.24, 2.45) is 0 Å². The maximum absolute atomic E-state index is 12.1. The third kappa shape index (κ3) is 9.77. The van der Waals surface area contributed by atoms with Gasteiger partial charge in [-0.2, -0.15) is 0 Å². The average Bonchev–Trinajstić information content (AvgIpc) is 2.57. The maximum Gasteiger partial charge on any atom is 0.226 e. The molecular weight excluding hydrogens is 288 g/mol. The smallest absolute Gasteiger partial charge is 0.226 e. The predicted molar refractivity (Wildman–Crippen MR) is 98.3 cm³/mol. The molecule has 23 heavy (non-hydrogen) atoms. The number of rotatable bonds is 14. The molecule has 0 unspecified atom stereocenters. The monoisotopic (exact) mass is 327 g/mol. The van der Waals surface area contributed by atoms with Crippen LogP contribution in [0.2, 0.25) is 0 Å². The SMILES string of the molecule is CCCCCC/C=C/CC(=O)N(C)CC[N+](CC)(CC)CCO. The molecule has 0 heterocycles. The molecule has 0 fully saturated rings. The molecule has 0 aromatic rings. The molecule has 1 N–H and O–H groups in total. The third-order valence-electron chi connectivity index (χ3n) is 4.93. The van der Waals surface area contributed by atoms with Crippen LogP contribution in [-0.4, -0.2) is 66.8 Å². The van der Waals surface area contributed by atoms with E-state index in [1.165, 1.54) is 25.7 Å². The zero-order valence-corrected chi connectivity index (χ0v) is 15.9. The summed E-state index contributed by atoms with van der Waals surface area (Å²) in [6, 6.07) is 0. The fraction of sp³-hybridized carbons (Fsp3) is 0.842. The van der Waals surface area contributed by atoms with Crippen LogP contribution in [0, 0.1) is 0 Å². The van der Waals surface area contributed by atoms with Gasteiger partial charge < -0.3 is 14.5 Å². The average molecular weight is 328 g/mol. The Kier molecular flexibility index (Phi) is 13.0. The molecule has 0 saturated heterocycles. The maximum atomic E-state index is 12.1. The van der Waals surface area contributed by atoms with E-state index in [1.54, 1.807) is 0 Å². The first kappa shape index (κ1) is 22.1. The number of quaternary nitrogens is 1. The Morgan fingerprint density at radius 1 is 1.04 bits per heavy atom. The molecule has 0 radical (unpaired) electrons. The Hall–Kier alpha value is -0.870. The second kappa shape index (κ2) is 13.6. The van der Waals surface area contributed by atoms with Crippen molar-refractivity contribution in [1.29, 1.82) is 0 Å². The first-order valence-electron chi connectivity index (χ1n) is 9.40. The van der Waals surface area contributed by atoms with Gasteiger partial charge in [-0.1, -0.05) is 38.3 Å². The van der Waals surface area contributed by atoms with Crippen molar-refractivity contribution in [2.75, 3.05) is 46.4 Å². The topological polar surface area (TPSA) is 40.5 Å². The predicted octanol–water partition coefficient (Wildman–Crippen LogP) is 3.21. The van der Waals surface area contributed by atoms with Gasteiger partial charge in [-0.3, -0.25) is 4.79 Å². The van der Waals surface area contributed by atoms with E-state index in [1.807, 2.05) is 18.0 Å². The number of hydrogen-bond donors (Lipinski definition) is 1. The highest BCUT2D eigenvalue weighted by Crippen LogP contribution is 2.07. The minimum atomic E-state index is 0.184. The third-order valence-corrected chi connectivity index (χ3v) is 4.93. The van der Waals surface area contributed by atoms with E-state index in [0.717, 1.165) is 43.6 Å². The summed E-state index contributed by atoms with van der Waals surface area (Å²) in [6.45, 7) is 11.2. The molecule has 0 aliphatic rings. The van der Waals surface area contributed by atoms with E-state index >= 15 is 0 Å². The molecule has 4 heteroatoms. The summed E-state index contributed by atoms with van der Waals surface area (Å²) in [4.78, 5) is 14.0. The van der Waals surface area contributed by atoms with E-state index in [2.05, 4.69) is 26.8 Å². The Balaban J connectivity index is 4.07. The largest absolute Gasteiger partial charge is 0.391 e. The van der Waals surface area contributed by atoms with Crippen LogP contribution in [-0.2, 0) is 4.79 Å². The number of amides is 1. The van der Waals surface area contributed by atoms with Gasteiger partial charge in [0.25, 0.3) is 0 Å². The molecule has 0 aliphatic heterocycles. The number of carbonyl (C=O) groups excluding carboxylic acids is 1. The van der Waals surface area contributed by atoms with E-state index in [-0.39, 0.29) is 12.5 Å². The van der Waals surface area contributed by atoms with Gasteiger partial charge in [0.1, 0.15) is 6.54 Å². The van der Waals surface area contributed by atoms with Crippen molar-refractivity contribution in [3.63, 3.8) is 0 Å². The molecule has 136 valence electrons. The number of aliphatic hydroxyl groups is 1. The van der Waals surface area contributed by atoms with Crippen molar-refractivity contribution in [3.05, 3.63) is 12.2 Å². The van der Waals surface area contributed by atoms with Gasteiger partial charge in [-0.15, -0.1) is 0 Å². The lowest BCUT2D eigenvalue weighted by Gasteiger charge is -2.37. The van der Waals surface area contributed by atoms with E-state index in [9.17, 15) is 9.90 Å².